The fourth-order valence-electron chi connectivity index (χ4n) is 3.70. The minimum absolute atomic E-state index is 0.106. The molecule has 0 radical (unpaired) electrons. The molecule has 1 fully saturated rings. The quantitative estimate of drug-likeness (QED) is 0.743. The number of fused-ring (bicyclic) bond motifs is 1. The number of anilines is 1. The Morgan fingerprint density at radius 1 is 1.00 bits per heavy atom. The maximum absolute atomic E-state index is 12.7. The van der Waals surface area contributed by atoms with Gasteiger partial charge in [-0.15, -0.1) is 0 Å². The first-order valence-electron chi connectivity index (χ1n) is 9.73. The van der Waals surface area contributed by atoms with Crippen molar-refractivity contribution in [3.05, 3.63) is 66.5 Å². The molecule has 1 N–H and O–H groups in total. The number of nitrogens with zero attached hydrogens (tertiary/aromatic N) is 4. The van der Waals surface area contributed by atoms with Crippen LogP contribution in [0.4, 0.5) is 5.95 Å². The van der Waals surface area contributed by atoms with E-state index in [0.29, 0.717) is 19.6 Å². The van der Waals surface area contributed by atoms with Crippen LogP contribution in [0.1, 0.15) is 18.5 Å². The summed E-state index contributed by atoms with van der Waals surface area (Å²) in [6.07, 6.45) is 3.50. The third kappa shape index (κ3) is 3.97. The Balaban J connectivity index is 1.32. The maximum Gasteiger partial charge on any atom is 0.236 e. The van der Waals surface area contributed by atoms with Crippen LogP contribution in [-0.2, 0) is 4.79 Å². The summed E-state index contributed by atoms with van der Waals surface area (Å²) < 4.78 is 0. The minimum Gasteiger partial charge on any atom is -0.338 e. The number of nitrogens with one attached hydrogen (secondary N) is 1. The van der Waals surface area contributed by atoms with Gasteiger partial charge in [-0.2, -0.15) is 0 Å². The monoisotopic (exact) mass is 375 g/mol. The van der Waals surface area contributed by atoms with Crippen molar-refractivity contribution in [2.45, 2.75) is 13.0 Å². The van der Waals surface area contributed by atoms with Gasteiger partial charge in [-0.1, -0.05) is 42.5 Å². The summed E-state index contributed by atoms with van der Waals surface area (Å²) in [4.78, 5) is 25.3. The lowest BCUT2D eigenvalue weighted by molar-refractivity contribution is -0.130. The zero-order chi connectivity index (χ0) is 19.3. The van der Waals surface area contributed by atoms with Gasteiger partial charge >= 0.3 is 0 Å². The van der Waals surface area contributed by atoms with Crippen LogP contribution in [0.5, 0.6) is 0 Å². The first-order valence-corrected chi connectivity index (χ1v) is 9.73. The highest BCUT2D eigenvalue weighted by Crippen LogP contribution is 2.23. The number of hydrogen-bond donors (Lipinski definition) is 1. The third-order valence-corrected chi connectivity index (χ3v) is 5.32. The van der Waals surface area contributed by atoms with Gasteiger partial charge in [0.1, 0.15) is 0 Å². The zero-order valence-corrected chi connectivity index (χ0v) is 16.1. The SMILES string of the molecule is C[C@H](NCC(=O)N1CCN(c2ncccn2)CC1)c1cccc2ccccc12. The molecule has 3 aromatic rings. The van der Waals surface area contributed by atoms with Crippen LogP contribution in [-0.4, -0.2) is 53.5 Å². The zero-order valence-electron chi connectivity index (χ0n) is 16.1. The first kappa shape index (κ1) is 18.4. The molecule has 4 rings (SSSR count). The van der Waals surface area contributed by atoms with Gasteiger partial charge in [0, 0.05) is 44.6 Å². The van der Waals surface area contributed by atoms with E-state index in [2.05, 4.69) is 63.5 Å². The molecule has 6 heteroatoms. The Morgan fingerprint density at radius 2 is 1.71 bits per heavy atom. The third-order valence-electron chi connectivity index (χ3n) is 5.32. The van der Waals surface area contributed by atoms with Gasteiger partial charge in [0.25, 0.3) is 0 Å². The molecule has 1 amide bonds. The summed E-state index contributed by atoms with van der Waals surface area (Å²) in [6.45, 7) is 5.36. The van der Waals surface area contributed by atoms with Gasteiger partial charge in [0.15, 0.2) is 0 Å². The largest absolute Gasteiger partial charge is 0.338 e. The van der Waals surface area contributed by atoms with Gasteiger partial charge in [-0.25, -0.2) is 9.97 Å². The predicted octanol–water partition coefficient (Wildman–Crippen LogP) is 2.63. The predicted molar refractivity (Wildman–Crippen MR) is 111 cm³/mol. The van der Waals surface area contributed by atoms with E-state index >= 15 is 0 Å². The fraction of sp³-hybridized carbons (Fsp3) is 0.318. The average Bonchev–Trinajstić information content (AvgIpc) is 2.77. The molecule has 1 saturated heterocycles. The Kier molecular flexibility index (Phi) is 5.48. The molecule has 1 aliphatic rings. The summed E-state index contributed by atoms with van der Waals surface area (Å²) >= 11 is 0. The highest BCUT2D eigenvalue weighted by atomic mass is 16.2. The van der Waals surface area contributed by atoms with Crippen molar-refractivity contribution < 1.29 is 4.79 Å². The van der Waals surface area contributed by atoms with E-state index in [-0.39, 0.29) is 11.9 Å². The second-order valence-electron chi connectivity index (χ2n) is 7.09. The molecule has 144 valence electrons. The molecule has 0 saturated carbocycles. The standard InChI is InChI=1S/C22H25N5O/c1-17(19-9-4-7-18-6-2-3-8-20(18)19)25-16-21(28)26-12-14-27(15-13-26)22-23-10-5-11-24-22/h2-11,17,25H,12-16H2,1H3/t17-/m0/s1. The molecule has 1 atom stereocenters. The normalized spacial score (nSPS) is 15.6. The van der Waals surface area contributed by atoms with Crippen molar-refractivity contribution in [1.82, 2.24) is 20.2 Å². The number of aromatic nitrogens is 2. The lowest BCUT2D eigenvalue weighted by atomic mass is 10.00. The molecule has 0 aliphatic carbocycles. The molecule has 0 bridgehead atoms. The number of hydrogen-bond acceptors (Lipinski definition) is 5. The average molecular weight is 375 g/mol. The second-order valence-corrected chi connectivity index (χ2v) is 7.09. The number of rotatable bonds is 5. The van der Waals surface area contributed by atoms with E-state index in [4.69, 9.17) is 0 Å². The Labute approximate surface area is 165 Å². The minimum atomic E-state index is 0.106. The molecule has 1 aliphatic heterocycles. The lowest BCUT2D eigenvalue weighted by Crippen LogP contribution is -2.51. The van der Waals surface area contributed by atoms with Crippen LogP contribution >= 0.6 is 0 Å². The van der Waals surface area contributed by atoms with Crippen molar-refractivity contribution in [3.8, 4) is 0 Å². The first-order chi connectivity index (χ1) is 13.7. The van der Waals surface area contributed by atoms with E-state index in [9.17, 15) is 4.79 Å². The van der Waals surface area contributed by atoms with Gasteiger partial charge in [-0.3, -0.25) is 4.79 Å². The van der Waals surface area contributed by atoms with E-state index in [1.54, 1.807) is 12.4 Å². The number of benzene rings is 2. The van der Waals surface area contributed by atoms with Crippen LogP contribution in [0.15, 0.2) is 60.9 Å². The van der Waals surface area contributed by atoms with E-state index in [1.165, 1.54) is 16.3 Å². The van der Waals surface area contributed by atoms with Crippen molar-refractivity contribution in [3.63, 3.8) is 0 Å². The molecule has 0 unspecified atom stereocenters. The Morgan fingerprint density at radius 3 is 2.50 bits per heavy atom. The van der Waals surface area contributed by atoms with Gasteiger partial charge < -0.3 is 15.1 Å². The summed E-state index contributed by atoms with van der Waals surface area (Å²) in [7, 11) is 0. The number of carbonyl (C=O) groups excluding carboxylic acids is 1. The highest BCUT2D eigenvalue weighted by Gasteiger charge is 2.22. The number of carbonyl (C=O) groups is 1. The molecule has 0 spiro atoms. The van der Waals surface area contributed by atoms with Crippen LogP contribution in [0.3, 0.4) is 0 Å². The van der Waals surface area contributed by atoms with Crippen LogP contribution in [0.25, 0.3) is 10.8 Å². The lowest BCUT2D eigenvalue weighted by Gasteiger charge is -2.35. The summed E-state index contributed by atoms with van der Waals surface area (Å²) in [5.74, 6) is 0.873. The highest BCUT2D eigenvalue weighted by molar-refractivity contribution is 5.86. The summed E-state index contributed by atoms with van der Waals surface area (Å²) in [5, 5.41) is 5.85. The smallest absolute Gasteiger partial charge is 0.236 e. The molecule has 6 nitrogen and oxygen atoms in total. The molecule has 2 heterocycles. The van der Waals surface area contributed by atoms with E-state index < -0.39 is 0 Å². The topological polar surface area (TPSA) is 61.4 Å². The molecule has 28 heavy (non-hydrogen) atoms. The van der Waals surface area contributed by atoms with Gasteiger partial charge in [0.2, 0.25) is 11.9 Å². The maximum atomic E-state index is 12.7. The fourth-order valence-corrected chi connectivity index (χ4v) is 3.70. The number of piperazine rings is 1. The van der Waals surface area contributed by atoms with Gasteiger partial charge in [0.05, 0.1) is 6.54 Å². The summed E-state index contributed by atoms with van der Waals surface area (Å²) in [5.41, 5.74) is 1.22. The van der Waals surface area contributed by atoms with Crippen molar-refractivity contribution in [2.75, 3.05) is 37.6 Å². The molecule has 2 aromatic carbocycles. The van der Waals surface area contributed by atoms with E-state index in [0.717, 1.165) is 19.0 Å². The Bertz CT molecular complexity index is 933. The van der Waals surface area contributed by atoms with Crippen LogP contribution < -0.4 is 10.2 Å². The Hall–Kier alpha value is -2.99. The van der Waals surface area contributed by atoms with Crippen molar-refractivity contribution in [1.29, 1.82) is 0 Å². The van der Waals surface area contributed by atoms with Gasteiger partial charge in [-0.05, 0) is 29.3 Å². The molecular formula is C22H25N5O. The van der Waals surface area contributed by atoms with Crippen LogP contribution in [0.2, 0.25) is 0 Å². The second kappa shape index (κ2) is 8.35. The van der Waals surface area contributed by atoms with E-state index in [1.807, 2.05) is 17.0 Å². The molecular weight excluding hydrogens is 350 g/mol. The number of amides is 1. The van der Waals surface area contributed by atoms with Crippen LogP contribution in [0, 0.1) is 0 Å². The van der Waals surface area contributed by atoms with Crippen molar-refractivity contribution >= 4 is 22.6 Å². The molecule has 1 aromatic heterocycles. The van der Waals surface area contributed by atoms with Crippen molar-refractivity contribution in [2.24, 2.45) is 0 Å². The summed E-state index contributed by atoms with van der Waals surface area (Å²) in [6, 6.07) is 16.6.